The third-order valence-electron chi connectivity index (χ3n) is 3.42. The van der Waals surface area contributed by atoms with E-state index in [1.807, 2.05) is 0 Å². The van der Waals surface area contributed by atoms with Gasteiger partial charge in [-0.15, -0.1) is 0 Å². The normalized spacial score (nSPS) is 16.5. The summed E-state index contributed by atoms with van der Waals surface area (Å²) in [5.74, 6) is -0.883. The number of ether oxygens (including phenoxy) is 1. The fourth-order valence-electron chi connectivity index (χ4n) is 2.19. The molecule has 1 atom stereocenters. The van der Waals surface area contributed by atoms with E-state index < -0.39 is 18.0 Å². The first kappa shape index (κ1) is 19.2. The van der Waals surface area contributed by atoms with E-state index >= 15 is 0 Å². The first-order valence-corrected chi connectivity index (χ1v) is 7.89. The van der Waals surface area contributed by atoms with Gasteiger partial charge in [-0.05, 0) is 25.1 Å². The highest BCUT2D eigenvalue weighted by molar-refractivity contribution is 5.90. The number of rotatable bonds is 8. The van der Waals surface area contributed by atoms with E-state index in [1.165, 1.54) is 37.2 Å². The molecule has 1 aliphatic heterocycles. The first-order valence-electron chi connectivity index (χ1n) is 7.89. The number of cyclic esters (lactones) is 1. The Kier molecular flexibility index (Phi) is 6.48. The predicted octanol–water partition coefficient (Wildman–Crippen LogP) is 0.821. The number of anilines is 2. The largest absolute Gasteiger partial charge is 0.442 e. The molecule has 0 unspecified atom stereocenters. The maximum absolute atomic E-state index is 14.2. The molecule has 1 fully saturated rings. The second-order valence-corrected chi connectivity index (χ2v) is 5.66. The Labute approximate surface area is 149 Å². The number of benzene rings is 1. The fourth-order valence-corrected chi connectivity index (χ4v) is 2.19. The summed E-state index contributed by atoms with van der Waals surface area (Å²) in [6, 6.07) is 4.21. The number of carbonyl (C=O) groups excluding carboxylic acids is 3. The zero-order valence-corrected chi connectivity index (χ0v) is 14.4. The fraction of sp³-hybridized carbons (Fsp3) is 0.375. The number of nitrogens with one attached hydrogen (secondary N) is 3. The SMILES string of the molecule is CC(=O)CN/N=C\Nc1ccc(N2C[C@H](CNC(C)=O)OC2=O)cc1F. The van der Waals surface area contributed by atoms with Crippen LogP contribution in [-0.2, 0) is 14.3 Å². The summed E-state index contributed by atoms with van der Waals surface area (Å²) >= 11 is 0. The van der Waals surface area contributed by atoms with Gasteiger partial charge in [-0.1, -0.05) is 0 Å². The minimum absolute atomic E-state index is 0.0769. The molecule has 9 nitrogen and oxygen atoms in total. The van der Waals surface area contributed by atoms with Crippen LogP contribution in [0.2, 0.25) is 0 Å². The molecular formula is C16H20FN5O4. The smallest absolute Gasteiger partial charge is 0.414 e. The molecule has 2 rings (SSSR count). The van der Waals surface area contributed by atoms with Crippen molar-refractivity contribution in [1.82, 2.24) is 10.7 Å². The van der Waals surface area contributed by atoms with Crippen molar-refractivity contribution >= 4 is 35.5 Å². The van der Waals surface area contributed by atoms with Crippen molar-refractivity contribution in [1.29, 1.82) is 0 Å². The standard InChI is InChI=1S/C16H20FN5O4/c1-10(23)6-20-21-9-19-15-4-3-12(5-14(15)17)22-8-13(26-16(22)25)7-18-11(2)24/h3-5,9,13,20H,6-8H2,1-2H3,(H,18,24)(H,19,21)/t13-/m0/s1. The van der Waals surface area contributed by atoms with E-state index in [2.05, 4.69) is 21.2 Å². The van der Waals surface area contributed by atoms with E-state index in [1.54, 1.807) is 6.07 Å². The highest BCUT2D eigenvalue weighted by Gasteiger charge is 2.32. The van der Waals surface area contributed by atoms with Crippen molar-refractivity contribution in [2.45, 2.75) is 20.0 Å². The predicted molar refractivity (Wildman–Crippen MR) is 93.5 cm³/mol. The van der Waals surface area contributed by atoms with Crippen LogP contribution in [0.15, 0.2) is 23.3 Å². The lowest BCUT2D eigenvalue weighted by Crippen LogP contribution is -2.33. The van der Waals surface area contributed by atoms with Crippen LogP contribution in [0.4, 0.5) is 20.6 Å². The molecule has 1 heterocycles. The van der Waals surface area contributed by atoms with E-state index in [4.69, 9.17) is 4.74 Å². The van der Waals surface area contributed by atoms with Crippen LogP contribution >= 0.6 is 0 Å². The molecule has 10 heteroatoms. The van der Waals surface area contributed by atoms with Gasteiger partial charge in [-0.2, -0.15) is 5.10 Å². The monoisotopic (exact) mass is 365 g/mol. The maximum Gasteiger partial charge on any atom is 0.414 e. The van der Waals surface area contributed by atoms with Gasteiger partial charge in [0.15, 0.2) is 5.78 Å². The van der Waals surface area contributed by atoms with Gasteiger partial charge in [0.25, 0.3) is 0 Å². The number of amides is 2. The Bertz CT molecular complexity index is 725. The van der Waals surface area contributed by atoms with E-state index in [0.29, 0.717) is 5.69 Å². The van der Waals surface area contributed by atoms with Crippen LogP contribution in [0.5, 0.6) is 0 Å². The summed E-state index contributed by atoms with van der Waals surface area (Å²) in [6.45, 7) is 3.27. The van der Waals surface area contributed by atoms with Gasteiger partial charge in [-0.25, -0.2) is 9.18 Å². The molecule has 0 aromatic heterocycles. The molecule has 0 bridgehead atoms. The van der Waals surface area contributed by atoms with Crippen molar-refractivity contribution in [3.63, 3.8) is 0 Å². The average Bonchev–Trinajstić information content (AvgIpc) is 2.94. The second-order valence-electron chi connectivity index (χ2n) is 5.66. The summed E-state index contributed by atoms with van der Waals surface area (Å²) < 4.78 is 19.3. The van der Waals surface area contributed by atoms with Crippen molar-refractivity contribution in [3.05, 3.63) is 24.0 Å². The van der Waals surface area contributed by atoms with Gasteiger partial charge >= 0.3 is 6.09 Å². The molecule has 1 aromatic rings. The Morgan fingerprint density at radius 1 is 1.42 bits per heavy atom. The Hall–Kier alpha value is -3.17. The molecule has 0 aliphatic carbocycles. The summed E-state index contributed by atoms with van der Waals surface area (Å²) in [7, 11) is 0. The Balaban J connectivity index is 1.95. The lowest BCUT2D eigenvalue weighted by Gasteiger charge is -2.14. The lowest BCUT2D eigenvalue weighted by atomic mass is 10.2. The molecule has 26 heavy (non-hydrogen) atoms. The zero-order valence-electron chi connectivity index (χ0n) is 14.4. The number of nitrogens with zero attached hydrogens (tertiary/aromatic N) is 2. The van der Waals surface area contributed by atoms with Gasteiger partial charge in [-0.3, -0.25) is 14.5 Å². The van der Waals surface area contributed by atoms with Gasteiger partial charge in [0.05, 0.1) is 31.0 Å². The Morgan fingerprint density at radius 2 is 2.19 bits per heavy atom. The number of Topliss-reactive ketones (excluding diaryl/α,β-unsaturated/α-hetero) is 1. The average molecular weight is 365 g/mol. The molecule has 1 aliphatic rings. The Morgan fingerprint density at radius 3 is 2.85 bits per heavy atom. The number of hydrogen-bond donors (Lipinski definition) is 3. The summed E-state index contributed by atoms with van der Waals surface area (Å²) in [5, 5.41) is 8.92. The molecule has 140 valence electrons. The third kappa shape index (κ3) is 5.43. The van der Waals surface area contributed by atoms with E-state index in [9.17, 15) is 18.8 Å². The van der Waals surface area contributed by atoms with Crippen LogP contribution < -0.4 is 21.0 Å². The number of carbonyl (C=O) groups is 3. The minimum atomic E-state index is -0.601. The van der Waals surface area contributed by atoms with Crippen LogP contribution in [0.1, 0.15) is 13.8 Å². The topological polar surface area (TPSA) is 112 Å². The van der Waals surface area contributed by atoms with Gasteiger partial charge < -0.3 is 20.8 Å². The molecule has 0 radical (unpaired) electrons. The molecule has 0 saturated carbocycles. The van der Waals surface area contributed by atoms with Gasteiger partial charge in [0.2, 0.25) is 5.91 Å². The molecule has 2 amide bonds. The van der Waals surface area contributed by atoms with Crippen LogP contribution in [0.25, 0.3) is 0 Å². The van der Waals surface area contributed by atoms with Crippen molar-refractivity contribution < 1.29 is 23.5 Å². The summed E-state index contributed by atoms with van der Waals surface area (Å²) in [5.41, 5.74) is 3.00. The minimum Gasteiger partial charge on any atom is -0.442 e. The number of hydrogen-bond acceptors (Lipinski definition) is 6. The molecule has 3 N–H and O–H groups in total. The van der Waals surface area contributed by atoms with Crippen molar-refractivity contribution in [3.8, 4) is 0 Å². The number of halogens is 1. The van der Waals surface area contributed by atoms with Crippen LogP contribution in [0.3, 0.4) is 0 Å². The lowest BCUT2D eigenvalue weighted by molar-refractivity contribution is -0.119. The van der Waals surface area contributed by atoms with Crippen molar-refractivity contribution in [2.24, 2.45) is 5.10 Å². The molecule has 1 aromatic carbocycles. The second kappa shape index (κ2) is 8.79. The molecule has 1 saturated heterocycles. The highest BCUT2D eigenvalue weighted by atomic mass is 19.1. The van der Waals surface area contributed by atoms with Crippen molar-refractivity contribution in [2.75, 3.05) is 29.9 Å². The highest BCUT2D eigenvalue weighted by Crippen LogP contribution is 2.25. The van der Waals surface area contributed by atoms with E-state index in [-0.39, 0.29) is 37.0 Å². The first-order chi connectivity index (χ1) is 12.4. The van der Waals surface area contributed by atoms with Gasteiger partial charge in [0, 0.05) is 6.92 Å². The summed E-state index contributed by atoms with van der Waals surface area (Å²) in [6.07, 6.45) is 0.122. The summed E-state index contributed by atoms with van der Waals surface area (Å²) in [4.78, 5) is 34.9. The zero-order chi connectivity index (χ0) is 19.1. The maximum atomic E-state index is 14.2. The van der Waals surface area contributed by atoms with Crippen LogP contribution in [-0.4, -0.2) is 49.9 Å². The molecular weight excluding hydrogens is 345 g/mol. The molecule has 0 spiro atoms. The number of hydrazone groups is 1. The quantitative estimate of drug-likeness (QED) is 0.357. The van der Waals surface area contributed by atoms with E-state index in [0.717, 1.165) is 0 Å². The number of ketones is 1. The third-order valence-corrected chi connectivity index (χ3v) is 3.42. The van der Waals surface area contributed by atoms with Crippen LogP contribution in [0, 0.1) is 5.82 Å². The van der Waals surface area contributed by atoms with Gasteiger partial charge in [0.1, 0.15) is 18.3 Å².